The summed E-state index contributed by atoms with van der Waals surface area (Å²) in [7, 11) is 0. The lowest BCUT2D eigenvalue weighted by Crippen LogP contribution is -2.44. The van der Waals surface area contributed by atoms with Gasteiger partial charge in [0.2, 0.25) is 0 Å². The number of hydrogen-bond acceptors (Lipinski definition) is 5. The molecule has 6 nitrogen and oxygen atoms in total. The van der Waals surface area contributed by atoms with E-state index in [1.807, 2.05) is 6.20 Å². The number of nitrogens with zero attached hydrogens (tertiary/aromatic N) is 3. The number of aromatic nitrogens is 1. The van der Waals surface area contributed by atoms with E-state index in [2.05, 4.69) is 38.9 Å². The first kappa shape index (κ1) is 28.9. The van der Waals surface area contributed by atoms with Gasteiger partial charge in [-0.1, -0.05) is 25.1 Å². The Balaban J connectivity index is 1.12. The van der Waals surface area contributed by atoms with Crippen LogP contribution in [0, 0.1) is 11.7 Å². The van der Waals surface area contributed by atoms with Gasteiger partial charge in [0.1, 0.15) is 17.4 Å². The predicted octanol–water partition coefficient (Wildman–Crippen LogP) is 6.42. The summed E-state index contributed by atoms with van der Waals surface area (Å²) in [5, 5.41) is 3.05. The Hall–Kier alpha value is -3.66. The van der Waals surface area contributed by atoms with Crippen molar-refractivity contribution in [2.24, 2.45) is 5.92 Å². The van der Waals surface area contributed by atoms with Crippen LogP contribution in [0.4, 0.5) is 23.4 Å². The van der Waals surface area contributed by atoms with Crippen molar-refractivity contribution in [3.05, 3.63) is 77.7 Å². The zero-order valence-electron chi connectivity index (χ0n) is 23.0. The molecule has 5 rings (SSSR count). The van der Waals surface area contributed by atoms with Crippen LogP contribution in [0.5, 0.6) is 5.75 Å². The third-order valence-corrected chi connectivity index (χ3v) is 7.87. The van der Waals surface area contributed by atoms with Crippen molar-refractivity contribution < 1.29 is 27.1 Å². The minimum Gasteiger partial charge on any atom is -0.406 e. The second-order valence-corrected chi connectivity index (χ2v) is 11.0. The van der Waals surface area contributed by atoms with Crippen LogP contribution in [-0.2, 0) is 6.54 Å². The maximum absolute atomic E-state index is 14.5. The first-order valence-electron chi connectivity index (χ1n) is 14.0. The summed E-state index contributed by atoms with van der Waals surface area (Å²) in [6.45, 7) is 6.88. The summed E-state index contributed by atoms with van der Waals surface area (Å²) in [5.41, 5.74) is 1.92. The molecule has 0 bridgehead atoms. The number of benzene rings is 2. The van der Waals surface area contributed by atoms with E-state index in [4.69, 9.17) is 4.98 Å². The van der Waals surface area contributed by atoms with Gasteiger partial charge in [0.15, 0.2) is 0 Å². The zero-order chi connectivity index (χ0) is 29.0. The van der Waals surface area contributed by atoms with Crippen molar-refractivity contribution in [2.75, 3.05) is 31.1 Å². The highest BCUT2D eigenvalue weighted by Crippen LogP contribution is 2.29. The summed E-state index contributed by atoms with van der Waals surface area (Å²) in [4.78, 5) is 22.4. The second-order valence-electron chi connectivity index (χ2n) is 11.0. The van der Waals surface area contributed by atoms with E-state index >= 15 is 0 Å². The molecular formula is C31H34F4N4O2. The molecule has 2 fully saturated rings. The molecule has 2 aliphatic rings. The van der Waals surface area contributed by atoms with Crippen molar-refractivity contribution in [3.63, 3.8) is 0 Å². The van der Waals surface area contributed by atoms with Crippen LogP contribution in [0.1, 0.15) is 48.5 Å². The highest BCUT2D eigenvalue weighted by Gasteiger charge is 2.31. The number of likely N-dealkylation sites (tertiary alicyclic amines) is 1. The number of alkyl halides is 3. The van der Waals surface area contributed by atoms with E-state index in [1.54, 1.807) is 0 Å². The van der Waals surface area contributed by atoms with Gasteiger partial charge in [0.25, 0.3) is 5.91 Å². The Morgan fingerprint density at radius 1 is 0.976 bits per heavy atom. The number of anilines is 1. The molecule has 0 spiro atoms. The van der Waals surface area contributed by atoms with Crippen molar-refractivity contribution >= 4 is 11.7 Å². The summed E-state index contributed by atoms with van der Waals surface area (Å²) in [5.74, 6) is 0.532. The van der Waals surface area contributed by atoms with Crippen LogP contribution in [0.15, 0.2) is 60.8 Å². The van der Waals surface area contributed by atoms with Crippen molar-refractivity contribution in [2.45, 2.75) is 51.6 Å². The van der Waals surface area contributed by atoms with Crippen molar-refractivity contribution in [1.82, 2.24) is 15.2 Å². The normalized spacial score (nSPS) is 17.4. The number of halogens is 4. The average Bonchev–Trinajstić information content (AvgIpc) is 2.95. The van der Waals surface area contributed by atoms with Gasteiger partial charge in [0, 0.05) is 56.1 Å². The zero-order valence-corrected chi connectivity index (χ0v) is 23.0. The fourth-order valence-corrected chi connectivity index (χ4v) is 5.42. The van der Waals surface area contributed by atoms with E-state index in [1.165, 1.54) is 48.7 Å². The molecule has 1 N–H and O–H groups in total. The standard InChI is InChI=1S/C31H34F4N4O2/c1-21-10-16-39(17-11-21)29-9-2-22(19-36-29)20-38-14-12-25(13-15-38)37-30(40)24-5-8-28(32)27(18-24)23-3-6-26(7-4-23)41-31(33,34)35/h2-9,18-19,21,25H,10-17,20H2,1H3,(H,37,40). The van der Waals surface area contributed by atoms with E-state index < -0.39 is 17.9 Å². The molecule has 0 unspecified atom stereocenters. The smallest absolute Gasteiger partial charge is 0.406 e. The Morgan fingerprint density at radius 2 is 1.68 bits per heavy atom. The fourth-order valence-electron chi connectivity index (χ4n) is 5.42. The Bertz CT molecular complexity index is 1320. The fraction of sp³-hybridized carbons (Fsp3) is 0.419. The molecule has 3 aromatic rings. The number of amides is 1. The number of carbonyl (C=O) groups excluding carboxylic acids is 1. The van der Waals surface area contributed by atoms with Gasteiger partial charge >= 0.3 is 6.36 Å². The molecule has 0 aliphatic carbocycles. The number of carbonyl (C=O) groups is 1. The quantitative estimate of drug-likeness (QED) is 0.333. The van der Waals surface area contributed by atoms with Crippen LogP contribution < -0.4 is 15.0 Å². The lowest BCUT2D eigenvalue weighted by molar-refractivity contribution is -0.274. The SMILES string of the molecule is CC1CCN(c2ccc(CN3CCC(NC(=O)c4ccc(F)c(-c5ccc(OC(F)(F)F)cc5)c4)CC3)cn2)CC1. The van der Waals surface area contributed by atoms with E-state index in [0.717, 1.165) is 69.4 Å². The lowest BCUT2D eigenvalue weighted by atomic mass is 9.99. The number of piperidine rings is 2. The molecule has 10 heteroatoms. The molecule has 41 heavy (non-hydrogen) atoms. The van der Waals surface area contributed by atoms with Gasteiger partial charge in [-0.3, -0.25) is 9.69 Å². The second kappa shape index (κ2) is 12.5. The lowest BCUT2D eigenvalue weighted by Gasteiger charge is -2.33. The van der Waals surface area contributed by atoms with Gasteiger partial charge in [-0.2, -0.15) is 0 Å². The monoisotopic (exact) mass is 570 g/mol. The molecule has 3 heterocycles. The third kappa shape index (κ3) is 7.75. The van der Waals surface area contributed by atoms with Gasteiger partial charge in [-0.05, 0) is 79.1 Å². The summed E-state index contributed by atoms with van der Waals surface area (Å²) < 4.78 is 55.7. The van der Waals surface area contributed by atoms with Gasteiger partial charge < -0.3 is 15.0 Å². The maximum Gasteiger partial charge on any atom is 0.573 e. The summed E-state index contributed by atoms with van der Waals surface area (Å²) in [6, 6.07) is 13.2. The van der Waals surface area contributed by atoms with Crippen LogP contribution in [-0.4, -0.2) is 54.4 Å². The number of pyridine rings is 1. The molecule has 2 aromatic carbocycles. The molecule has 0 radical (unpaired) electrons. The van der Waals surface area contributed by atoms with Crippen LogP contribution in [0.25, 0.3) is 11.1 Å². The Kier molecular flexibility index (Phi) is 8.77. The minimum absolute atomic E-state index is 0.00644. The van der Waals surface area contributed by atoms with Gasteiger partial charge in [0.05, 0.1) is 0 Å². The molecule has 2 aliphatic heterocycles. The van der Waals surface area contributed by atoms with Crippen LogP contribution in [0.2, 0.25) is 0 Å². The number of nitrogens with one attached hydrogen (secondary N) is 1. The average molecular weight is 571 g/mol. The maximum atomic E-state index is 14.5. The van der Waals surface area contributed by atoms with Crippen LogP contribution in [0.3, 0.4) is 0 Å². The Labute approximate surface area is 237 Å². The largest absolute Gasteiger partial charge is 0.573 e. The molecule has 0 saturated carbocycles. The molecule has 218 valence electrons. The van der Waals surface area contributed by atoms with Gasteiger partial charge in [-0.15, -0.1) is 13.2 Å². The van der Waals surface area contributed by atoms with Gasteiger partial charge in [-0.25, -0.2) is 9.37 Å². The highest BCUT2D eigenvalue weighted by molar-refractivity contribution is 5.95. The predicted molar refractivity (Wildman–Crippen MR) is 149 cm³/mol. The van der Waals surface area contributed by atoms with E-state index in [-0.39, 0.29) is 23.1 Å². The molecule has 2 saturated heterocycles. The molecular weight excluding hydrogens is 536 g/mol. The van der Waals surface area contributed by atoms with Crippen molar-refractivity contribution in [1.29, 1.82) is 0 Å². The van der Waals surface area contributed by atoms with E-state index in [9.17, 15) is 22.4 Å². The number of hydrogen-bond donors (Lipinski definition) is 1. The summed E-state index contributed by atoms with van der Waals surface area (Å²) in [6.07, 6.45) is 1.14. The third-order valence-electron chi connectivity index (χ3n) is 7.87. The molecule has 1 aromatic heterocycles. The topological polar surface area (TPSA) is 57.7 Å². The van der Waals surface area contributed by atoms with Crippen LogP contribution >= 0.6 is 0 Å². The van der Waals surface area contributed by atoms with E-state index in [0.29, 0.717) is 5.56 Å². The molecule has 0 atom stereocenters. The van der Waals surface area contributed by atoms with Crippen molar-refractivity contribution in [3.8, 4) is 16.9 Å². The Morgan fingerprint density at radius 3 is 2.32 bits per heavy atom. The molecule has 1 amide bonds. The first-order valence-corrected chi connectivity index (χ1v) is 14.0. The number of ether oxygens (including phenoxy) is 1. The number of rotatable bonds is 7. The highest BCUT2D eigenvalue weighted by atomic mass is 19.4. The minimum atomic E-state index is -4.81. The first-order chi connectivity index (χ1) is 19.6. The summed E-state index contributed by atoms with van der Waals surface area (Å²) >= 11 is 0.